The van der Waals surface area contributed by atoms with Crippen molar-refractivity contribution in [1.82, 2.24) is 5.32 Å². The van der Waals surface area contributed by atoms with Crippen LogP contribution in [0.2, 0.25) is 0 Å². The molecule has 1 aliphatic heterocycles. The highest BCUT2D eigenvalue weighted by Crippen LogP contribution is 2.33. The van der Waals surface area contributed by atoms with Crippen LogP contribution in [-0.4, -0.2) is 18.1 Å². The maximum Gasteiger partial charge on any atom is 0.265 e. The Morgan fingerprint density at radius 1 is 1.09 bits per heavy atom. The number of para-hydroxylation sites is 2. The Balaban J connectivity index is 1.66. The zero-order valence-electron chi connectivity index (χ0n) is 12.4. The topological polar surface area (TPSA) is 47.6 Å². The van der Waals surface area contributed by atoms with Gasteiger partial charge in [0.25, 0.3) is 5.91 Å². The van der Waals surface area contributed by atoms with Crippen molar-refractivity contribution in [2.24, 2.45) is 0 Å². The molecule has 0 bridgehead atoms. The number of ether oxygens (including phenoxy) is 2. The van der Waals surface area contributed by atoms with Crippen LogP contribution in [0.1, 0.15) is 12.5 Å². The lowest BCUT2D eigenvalue weighted by Crippen LogP contribution is -2.48. The first kappa shape index (κ1) is 15.3. The van der Waals surface area contributed by atoms with Gasteiger partial charge in [-0.05, 0) is 36.8 Å². The van der Waals surface area contributed by atoms with Gasteiger partial charge >= 0.3 is 0 Å². The van der Waals surface area contributed by atoms with E-state index in [0.29, 0.717) is 17.1 Å². The number of carbonyl (C=O) groups is 1. The lowest BCUT2D eigenvalue weighted by Gasteiger charge is -2.31. The van der Waals surface area contributed by atoms with Crippen LogP contribution in [0.5, 0.6) is 11.5 Å². The van der Waals surface area contributed by atoms with Gasteiger partial charge in [-0.15, -0.1) is 0 Å². The Morgan fingerprint density at radius 2 is 1.70 bits per heavy atom. The Morgan fingerprint density at radius 3 is 2.35 bits per heavy atom. The van der Waals surface area contributed by atoms with Crippen molar-refractivity contribution >= 4 is 5.91 Å². The van der Waals surface area contributed by atoms with E-state index in [-0.39, 0.29) is 6.54 Å². The molecular weight excluding hydrogens is 304 g/mol. The first-order valence-electron chi connectivity index (χ1n) is 7.18. The molecule has 2 aromatic rings. The summed E-state index contributed by atoms with van der Waals surface area (Å²) in [5.41, 5.74) is 0.334. The van der Waals surface area contributed by atoms with Crippen molar-refractivity contribution in [2.75, 3.05) is 0 Å². The summed E-state index contributed by atoms with van der Waals surface area (Å²) in [5.74, 6) is -0.710. The second kappa shape index (κ2) is 6.24. The average Bonchev–Trinajstić information content (AvgIpc) is 2.51. The van der Waals surface area contributed by atoms with Crippen LogP contribution in [0.25, 0.3) is 0 Å². The first-order valence-corrected chi connectivity index (χ1v) is 7.18. The number of rotatable bonds is 3. The van der Waals surface area contributed by atoms with Gasteiger partial charge in [0.15, 0.2) is 11.5 Å². The van der Waals surface area contributed by atoms with E-state index >= 15 is 0 Å². The van der Waals surface area contributed by atoms with Crippen molar-refractivity contribution in [1.29, 1.82) is 0 Å². The summed E-state index contributed by atoms with van der Waals surface area (Å²) < 4.78 is 37.6. The molecule has 23 heavy (non-hydrogen) atoms. The normalized spacial score (nSPS) is 19.3. The summed E-state index contributed by atoms with van der Waals surface area (Å²) >= 11 is 0. The number of nitrogens with one attached hydrogen (secondary N) is 1. The minimum atomic E-state index is -0.830. The fourth-order valence-electron chi connectivity index (χ4n) is 2.41. The average molecular weight is 319 g/mol. The summed E-state index contributed by atoms with van der Waals surface area (Å²) in [6.45, 7) is 1.73. The monoisotopic (exact) mass is 319 g/mol. The highest BCUT2D eigenvalue weighted by molar-refractivity contribution is 5.82. The number of halogens is 2. The summed E-state index contributed by atoms with van der Waals surface area (Å²) in [6.07, 6.45) is -1.31. The predicted octanol–water partition coefficient (Wildman–Crippen LogP) is 2.81. The second-order valence-corrected chi connectivity index (χ2v) is 5.30. The lowest BCUT2D eigenvalue weighted by molar-refractivity contribution is -0.133. The van der Waals surface area contributed by atoms with Gasteiger partial charge in [0.05, 0.1) is 0 Å². The maximum absolute atomic E-state index is 13.1. The Labute approximate surface area is 132 Å². The molecule has 3 rings (SSSR count). The zero-order valence-corrected chi connectivity index (χ0v) is 12.4. The molecule has 2 unspecified atom stereocenters. The first-order chi connectivity index (χ1) is 11.0. The van der Waals surface area contributed by atoms with Crippen molar-refractivity contribution in [3.05, 3.63) is 59.7 Å². The quantitative estimate of drug-likeness (QED) is 0.946. The van der Waals surface area contributed by atoms with Crippen LogP contribution in [0.4, 0.5) is 8.78 Å². The molecule has 0 fully saturated rings. The summed E-state index contributed by atoms with van der Waals surface area (Å²) in [7, 11) is 0. The van der Waals surface area contributed by atoms with Crippen LogP contribution >= 0.6 is 0 Å². The van der Waals surface area contributed by atoms with Crippen LogP contribution in [0.3, 0.4) is 0 Å². The van der Waals surface area contributed by atoms with Gasteiger partial charge in [-0.3, -0.25) is 4.79 Å². The van der Waals surface area contributed by atoms with Gasteiger partial charge in [0, 0.05) is 12.6 Å². The number of fused-ring (bicyclic) bond motifs is 1. The van der Waals surface area contributed by atoms with E-state index in [2.05, 4.69) is 5.32 Å². The van der Waals surface area contributed by atoms with Gasteiger partial charge in [0.2, 0.25) is 6.10 Å². The minimum absolute atomic E-state index is 0.00173. The lowest BCUT2D eigenvalue weighted by atomic mass is 10.1. The van der Waals surface area contributed by atoms with Crippen LogP contribution in [-0.2, 0) is 11.3 Å². The molecule has 0 radical (unpaired) electrons. The molecule has 0 spiro atoms. The molecule has 1 aliphatic rings. The van der Waals surface area contributed by atoms with E-state index in [1.165, 1.54) is 12.1 Å². The molecule has 2 aromatic carbocycles. The molecule has 6 heteroatoms. The molecule has 1 N–H and O–H groups in total. The fourth-order valence-corrected chi connectivity index (χ4v) is 2.41. The van der Waals surface area contributed by atoms with E-state index in [9.17, 15) is 13.6 Å². The number of carbonyl (C=O) groups excluding carboxylic acids is 1. The molecule has 2 atom stereocenters. The van der Waals surface area contributed by atoms with Crippen molar-refractivity contribution in [3.63, 3.8) is 0 Å². The molecule has 120 valence electrons. The Bertz CT molecular complexity index is 715. The van der Waals surface area contributed by atoms with Gasteiger partial charge in [0.1, 0.15) is 17.7 Å². The summed E-state index contributed by atoms with van der Waals surface area (Å²) in [5, 5.41) is 2.61. The highest BCUT2D eigenvalue weighted by atomic mass is 19.1. The van der Waals surface area contributed by atoms with Crippen LogP contribution in [0.15, 0.2) is 42.5 Å². The van der Waals surface area contributed by atoms with Crippen molar-refractivity contribution < 1.29 is 23.0 Å². The highest BCUT2D eigenvalue weighted by Gasteiger charge is 2.33. The smallest absolute Gasteiger partial charge is 0.265 e. The fraction of sp³-hybridized carbons (Fsp3) is 0.235. The third-order valence-corrected chi connectivity index (χ3v) is 3.49. The Kier molecular flexibility index (Phi) is 4.14. The van der Waals surface area contributed by atoms with Gasteiger partial charge in [-0.2, -0.15) is 0 Å². The van der Waals surface area contributed by atoms with E-state index in [1.54, 1.807) is 25.1 Å². The van der Waals surface area contributed by atoms with Crippen LogP contribution < -0.4 is 14.8 Å². The third-order valence-electron chi connectivity index (χ3n) is 3.49. The zero-order chi connectivity index (χ0) is 16.4. The molecule has 0 aromatic heterocycles. The van der Waals surface area contributed by atoms with Gasteiger partial charge in [-0.1, -0.05) is 12.1 Å². The molecule has 4 nitrogen and oxygen atoms in total. The van der Waals surface area contributed by atoms with E-state index in [1.807, 2.05) is 6.07 Å². The van der Waals surface area contributed by atoms with E-state index in [0.717, 1.165) is 6.07 Å². The van der Waals surface area contributed by atoms with Gasteiger partial charge in [-0.25, -0.2) is 8.78 Å². The third kappa shape index (κ3) is 3.41. The number of benzene rings is 2. The van der Waals surface area contributed by atoms with Crippen molar-refractivity contribution in [2.45, 2.75) is 25.7 Å². The summed E-state index contributed by atoms with van der Waals surface area (Å²) in [6, 6.07) is 10.2. The maximum atomic E-state index is 13.1. The molecule has 0 aliphatic carbocycles. The number of hydrogen-bond acceptors (Lipinski definition) is 3. The summed E-state index contributed by atoms with van der Waals surface area (Å²) in [4.78, 5) is 12.3. The molecule has 1 heterocycles. The number of hydrogen-bond donors (Lipinski definition) is 1. The van der Waals surface area contributed by atoms with Crippen molar-refractivity contribution in [3.8, 4) is 11.5 Å². The predicted molar refractivity (Wildman–Crippen MR) is 79.2 cm³/mol. The molecule has 1 amide bonds. The second-order valence-electron chi connectivity index (χ2n) is 5.30. The number of amides is 1. The van der Waals surface area contributed by atoms with Gasteiger partial charge < -0.3 is 14.8 Å². The SMILES string of the molecule is CC1Oc2ccccc2OC1C(=O)NCc1cc(F)cc(F)c1. The minimum Gasteiger partial charge on any atom is -0.482 e. The van der Waals surface area contributed by atoms with E-state index < -0.39 is 29.7 Å². The Hall–Kier alpha value is -2.63. The van der Waals surface area contributed by atoms with Crippen LogP contribution in [0, 0.1) is 11.6 Å². The standard InChI is InChI=1S/C17H15F2NO3/c1-10-16(23-15-5-3-2-4-14(15)22-10)17(21)20-9-11-6-12(18)8-13(19)7-11/h2-8,10,16H,9H2,1H3,(H,20,21). The largest absolute Gasteiger partial charge is 0.482 e. The molecular formula is C17H15F2NO3. The molecule has 0 saturated carbocycles. The molecule has 0 saturated heterocycles. The van der Waals surface area contributed by atoms with E-state index in [4.69, 9.17) is 9.47 Å².